The van der Waals surface area contributed by atoms with Gasteiger partial charge in [0.25, 0.3) is 0 Å². The van der Waals surface area contributed by atoms with Gasteiger partial charge in [-0.1, -0.05) is 40.5 Å². The number of hydrogen-bond donors (Lipinski definition) is 2. The van der Waals surface area contributed by atoms with Crippen LogP contribution in [0.4, 0.5) is 0 Å². The summed E-state index contributed by atoms with van der Waals surface area (Å²) in [6, 6.07) is 0.371. The molecule has 0 aliphatic rings. The van der Waals surface area contributed by atoms with Crippen molar-refractivity contribution in [1.82, 2.24) is 5.32 Å². The van der Waals surface area contributed by atoms with Gasteiger partial charge in [-0.3, -0.25) is 0 Å². The second kappa shape index (κ2) is 17.9. The first kappa shape index (κ1) is 40.8. The predicted octanol–water partition coefficient (Wildman–Crippen LogP) is 8.44. The van der Waals surface area contributed by atoms with Crippen molar-refractivity contribution in [2.45, 2.75) is 201 Å². The highest BCUT2D eigenvalue weighted by molar-refractivity contribution is 4.87. The summed E-state index contributed by atoms with van der Waals surface area (Å²) in [5.74, 6) is 0. The molecule has 7 atom stereocenters. The number of nitrogens with one attached hydrogen (secondary N) is 1. The molecule has 0 aliphatic carbocycles. The molecule has 0 radical (unpaired) electrons. The average molecular weight is 587 g/mol. The molecule has 41 heavy (non-hydrogen) atoms. The minimum atomic E-state index is -0.373. The first-order valence-electron chi connectivity index (χ1n) is 16.8. The third-order valence-electron chi connectivity index (χ3n) is 9.61. The van der Waals surface area contributed by atoms with Crippen LogP contribution >= 0.6 is 0 Å². The molecular formula is C35H74N2O4. The lowest BCUT2D eigenvalue weighted by Gasteiger charge is -2.42. The molecule has 0 heterocycles. The zero-order valence-electron chi connectivity index (χ0n) is 30.3. The first-order valence-corrected chi connectivity index (χ1v) is 16.8. The van der Waals surface area contributed by atoms with Crippen LogP contribution < -0.4 is 11.1 Å². The number of rotatable bonds is 24. The van der Waals surface area contributed by atoms with Crippen molar-refractivity contribution in [3.63, 3.8) is 0 Å². The van der Waals surface area contributed by atoms with Crippen molar-refractivity contribution in [1.29, 1.82) is 0 Å². The summed E-state index contributed by atoms with van der Waals surface area (Å²) in [6.45, 7) is 32.0. The Balaban J connectivity index is 5.56. The van der Waals surface area contributed by atoms with E-state index in [1.54, 1.807) is 0 Å². The van der Waals surface area contributed by atoms with Crippen molar-refractivity contribution in [2.75, 3.05) is 20.3 Å². The molecule has 0 saturated heterocycles. The highest BCUT2D eigenvalue weighted by atomic mass is 16.5. The summed E-state index contributed by atoms with van der Waals surface area (Å²) in [6.07, 6.45) is 9.16. The van der Waals surface area contributed by atoms with E-state index in [2.05, 4.69) is 95.3 Å². The Labute approximate surface area is 256 Å². The average Bonchev–Trinajstić information content (AvgIpc) is 2.87. The summed E-state index contributed by atoms with van der Waals surface area (Å²) in [4.78, 5) is 0. The van der Waals surface area contributed by atoms with Crippen molar-refractivity contribution in [3.05, 3.63) is 0 Å². The standard InChI is InChI=1S/C35H74N2O4/c1-16-20-21-35(19-4,26-39-34(14,18-3)24-29(7)41-32(11,12)30(8)36)25-38-33(13,17-2)23-28(6)40-31(9,10)22-27(5)37-15/h27-30,37H,16-26,36H2,1-15H3. The maximum absolute atomic E-state index is 6.88. The molecule has 3 N–H and O–H groups in total. The molecule has 6 heteroatoms. The number of ether oxygens (including phenoxy) is 4. The Hall–Kier alpha value is -0.240. The van der Waals surface area contributed by atoms with Crippen LogP contribution in [0.25, 0.3) is 0 Å². The van der Waals surface area contributed by atoms with Crippen LogP contribution in [0.3, 0.4) is 0 Å². The van der Waals surface area contributed by atoms with Gasteiger partial charge < -0.3 is 30.0 Å². The van der Waals surface area contributed by atoms with Crippen LogP contribution in [-0.2, 0) is 18.9 Å². The Kier molecular flexibility index (Phi) is 17.8. The lowest BCUT2D eigenvalue weighted by Crippen LogP contribution is -2.47. The molecule has 0 bridgehead atoms. The highest BCUT2D eigenvalue weighted by Crippen LogP contribution is 2.37. The summed E-state index contributed by atoms with van der Waals surface area (Å²) in [7, 11) is 2.01. The topological polar surface area (TPSA) is 75.0 Å². The Bertz CT molecular complexity index is 700. The van der Waals surface area contributed by atoms with Crippen LogP contribution in [0.5, 0.6) is 0 Å². The van der Waals surface area contributed by atoms with E-state index in [9.17, 15) is 0 Å². The molecule has 7 unspecified atom stereocenters. The third-order valence-corrected chi connectivity index (χ3v) is 9.61. The first-order chi connectivity index (χ1) is 18.8. The fraction of sp³-hybridized carbons (Fsp3) is 1.00. The van der Waals surface area contributed by atoms with Crippen molar-refractivity contribution >= 4 is 0 Å². The lowest BCUT2D eigenvalue weighted by atomic mass is 9.80. The van der Waals surface area contributed by atoms with Gasteiger partial charge in [0.15, 0.2) is 0 Å². The van der Waals surface area contributed by atoms with Crippen molar-refractivity contribution < 1.29 is 18.9 Å². The van der Waals surface area contributed by atoms with Gasteiger partial charge in [-0.25, -0.2) is 0 Å². The van der Waals surface area contributed by atoms with Gasteiger partial charge in [0.05, 0.1) is 47.8 Å². The number of nitrogens with two attached hydrogens (primary N) is 1. The normalized spacial score (nSPS) is 20.5. The summed E-state index contributed by atoms with van der Waals surface area (Å²) >= 11 is 0. The van der Waals surface area contributed by atoms with Crippen molar-refractivity contribution in [3.8, 4) is 0 Å². The minimum Gasteiger partial charge on any atom is -0.375 e. The largest absolute Gasteiger partial charge is 0.375 e. The quantitative estimate of drug-likeness (QED) is 0.118. The monoisotopic (exact) mass is 587 g/mol. The van der Waals surface area contributed by atoms with E-state index < -0.39 is 0 Å². The van der Waals surface area contributed by atoms with Gasteiger partial charge in [0, 0.05) is 30.3 Å². The van der Waals surface area contributed by atoms with Crippen molar-refractivity contribution in [2.24, 2.45) is 11.1 Å². The van der Waals surface area contributed by atoms with E-state index in [-0.39, 0.29) is 46.1 Å². The van der Waals surface area contributed by atoms with E-state index in [1.165, 1.54) is 12.8 Å². The van der Waals surface area contributed by atoms with Crippen LogP contribution in [0.1, 0.15) is 155 Å². The van der Waals surface area contributed by atoms with Gasteiger partial charge in [0.1, 0.15) is 0 Å². The highest BCUT2D eigenvalue weighted by Gasteiger charge is 2.38. The number of hydrogen-bond acceptors (Lipinski definition) is 6. The van der Waals surface area contributed by atoms with Crippen LogP contribution in [0.15, 0.2) is 0 Å². The smallest absolute Gasteiger partial charge is 0.0777 e. The van der Waals surface area contributed by atoms with Gasteiger partial charge in [-0.15, -0.1) is 0 Å². The van der Waals surface area contributed by atoms with E-state index in [4.69, 9.17) is 24.7 Å². The van der Waals surface area contributed by atoms with E-state index >= 15 is 0 Å². The third kappa shape index (κ3) is 15.4. The second-order valence-electron chi connectivity index (χ2n) is 15.0. The molecule has 248 valence electrons. The zero-order valence-corrected chi connectivity index (χ0v) is 30.3. The van der Waals surface area contributed by atoms with Gasteiger partial charge >= 0.3 is 0 Å². The second-order valence-corrected chi connectivity index (χ2v) is 15.0. The molecule has 6 nitrogen and oxygen atoms in total. The molecule has 0 aromatic heterocycles. The van der Waals surface area contributed by atoms with Crippen LogP contribution in [0, 0.1) is 5.41 Å². The predicted molar refractivity (Wildman–Crippen MR) is 177 cm³/mol. The lowest BCUT2D eigenvalue weighted by molar-refractivity contribution is -0.162. The van der Waals surface area contributed by atoms with Gasteiger partial charge in [-0.05, 0) is 108 Å². The Morgan fingerprint density at radius 2 is 1.15 bits per heavy atom. The fourth-order valence-electron chi connectivity index (χ4n) is 5.74. The molecule has 0 spiro atoms. The summed E-state index contributed by atoms with van der Waals surface area (Å²) in [5.41, 5.74) is 5.07. The van der Waals surface area contributed by atoms with Crippen LogP contribution in [0.2, 0.25) is 0 Å². The molecule has 0 fully saturated rings. The van der Waals surface area contributed by atoms with Gasteiger partial charge in [0.2, 0.25) is 0 Å². The zero-order chi connectivity index (χ0) is 32.1. The van der Waals surface area contributed by atoms with E-state index in [0.717, 1.165) is 44.9 Å². The Morgan fingerprint density at radius 1 is 0.683 bits per heavy atom. The molecular weight excluding hydrogens is 512 g/mol. The summed E-state index contributed by atoms with van der Waals surface area (Å²) < 4.78 is 26.7. The molecule has 0 aromatic rings. The van der Waals surface area contributed by atoms with E-state index in [0.29, 0.717) is 19.3 Å². The maximum Gasteiger partial charge on any atom is 0.0777 e. The molecule has 0 aromatic carbocycles. The number of unbranched alkanes of at least 4 members (excludes halogenated alkanes) is 1. The Morgan fingerprint density at radius 3 is 1.51 bits per heavy atom. The molecule has 0 aliphatic heterocycles. The molecule has 0 saturated carbocycles. The van der Waals surface area contributed by atoms with Gasteiger partial charge in [-0.2, -0.15) is 0 Å². The molecule has 0 rings (SSSR count). The molecule has 0 amide bonds. The summed E-state index contributed by atoms with van der Waals surface area (Å²) in [5, 5.41) is 3.34. The van der Waals surface area contributed by atoms with Crippen LogP contribution in [-0.4, -0.2) is 67.0 Å². The maximum atomic E-state index is 6.88. The fourth-order valence-corrected chi connectivity index (χ4v) is 5.74. The SMILES string of the molecule is CCCCC(CC)(COC(C)(CC)CC(C)OC(C)(C)CC(C)NC)COC(C)(CC)CC(C)OC(C)(C)C(C)N. The van der Waals surface area contributed by atoms with E-state index in [1.807, 2.05) is 14.0 Å². The minimum absolute atomic E-state index is 0.0242.